The number of halogens is 1. The molecule has 7 nitrogen and oxygen atoms in total. The van der Waals surface area contributed by atoms with Crippen molar-refractivity contribution in [1.82, 2.24) is 14.8 Å². The number of fused-ring (bicyclic) bond motifs is 1. The number of hydrogen-bond donors (Lipinski definition) is 1. The number of nitrogens with one attached hydrogen (secondary N) is 1. The van der Waals surface area contributed by atoms with Gasteiger partial charge in [0, 0.05) is 17.4 Å². The van der Waals surface area contributed by atoms with Crippen LogP contribution in [0.15, 0.2) is 41.5 Å². The Morgan fingerprint density at radius 1 is 1.29 bits per heavy atom. The van der Waals surface area contributed by atoms with E-state index in [0.29, 0.717) is 35.2 Å². The van der Waals surface area contributed by atoms with Crippen LogP contribution in [0.1, 0.15) is 10.4 Å². The SMILES string of the molecule is COC(=O)c1cn(CCOc2ccc(Cl)cc2)cc2c(=O)[nH]nc1-2. The van der Waals surface area contributed by atoms with Gasteiger partial charge in [-0.1, -0.05) is 11.6 Å². The second kappa shape index (κ2) is 6.76. The van der Waals surface area contributed by atoms with Gasteiger partial charge in [-0.05, 0) is 24.3 Å². The molecule has 0 saturated carbocycles. The Kier molecular flexibility index (Phi) is 4.52. The molecule has 8 heteroatoms. The lowest BCUT2D eigenvalue weighted by Gasteiger charge is -2.12. The quantitative estimate of drug-likeness (QED) is 0.715. The molecule has 0 unspecified atom stereocenters. The van der Waals surface area contributed by atoms with Crippen molar-refractivity contribution in [2.24, 2.45) is 0 Å². The van der Waals surface area contributed by atoms with Crippen LogP contribution in [0.25, 0.3) is 11.3 Å². The predicted octanol–water partition coefficient (Wildman–Crippen LogP) is 2.20. The number of methoxy groups -OCH3 is 1. The fraction of sp³-hybridized carbons (Fsp3) is 0.188. The van der Waals surface area contributed by atoms with Gasteiger partial charge >= 0.3 is 5.97 Å². The van der Waals surface area contributed by atoms with Crippen LogP contribution in [0.2, 0.25) is 5.02 Å². The summed E-state index contributed by atoms with van der Waals surface area (Å²) in [6.07, 6.45) is 3.21. The number of benzene rings is 1. The predicted molar refractivity (Wildman–Crippen MR) is 87.8 cm³/mol. The molecule has 2 aliphatic rings. The number of esters is 1. The minimum absolute atomic E-state index is 0.222. The highest BCUT2D eigenvalue weighted by Gasteiger charge is 2.21. The van der Waals surface area contributed by atoms with Gasteiger partial charge in [0.2, 0.25) is 0 Å². The molecule has 0 spiro atoms. The van der Waals surface area contributed by atoms with Crippen molar-refractivity contribution in [3.05, 3.63) is 57.6 Å². The lowest BCUT2D eigenvalue weighted by molar-refractivity contribution is 0.0600. The standard InChI is InChI=1S/C16H14ClN3O4/c1-23-16(22)13-9-20(8-12-14(13)18-19-15(12)21)6-7-24-11-4-2-10(17)3-5-11/h2-5,8-9H,6-7H2,1H3,(H,19,21). The van der Waals surface area contributed by atoms with Crippen LogP contribution >= 0.6 is 11.6 Å². The third kappa shape index (κ3) is 3.26. The van der Waals surface area contributed by atoms with Crippen LogP contribution in [-0.4, -0.2) is 34.5 Å². The molecule has 24 heavy (non-hydrogen) atoms. The van der Waals surface area contributed by atoms with E-state index in [0.717, 1.165) is 0 Å². The van der Waals surface area contributed by atoms with Gasteiger partial charge in [-0.2, -0.15) is 5.10 Å². The zero-order chi connectivity index (χ0) is 17.1. The highest BCUT2D eigenvalue weighted by Crippen LogP contribution is 2.21. The third-order valence-electron chi connectivity index (χ3n) is 3.45. The van der Waals surface area contributed by atoms with E-state index in [1.54, 1.807) is 41.2 Å². The molecule has 2 heterocycles. The first-order chi connectivity index (χ1) is 11.6. The van der Waals surface area contributed by atoms with Gasteiger partial charge in [0.05, 0.1) is 19.2 Å². The number of carbonyl (C=O) groups excluding carboxylic acids is 1. The summed E-state index contributed by atoms with van der Waals surface area (Å²) in [5, 5.41) is 6.84. The molecule has 0 aromatic heterocycles. The smallest absolute Gasteiger partial charge is 0.341 e. The van der Waals surface area contributed by atoms with Crippen molar-refractivity contribution in [3.8, 4) is 17.0 Å². The Morgan fingerprint density at radius 3 is 2.75 bits per heavy atom. The number of rotatable bonds is 5. The largest absolute Gasteiger partial charge is 0.492 e. The van der Waals surface area contributed by atoms with Crippen LogP contribution in [0.5, 0.6) is 5.75 Å². The Balaban J connectivity index is 1.80. The van der Waals surface area contributed by atoms with Gasteiger partial charge in [-0.15, -0.1) is 0 Å². The average Bonchev–Trinajstić information content (AvgIpc) is 2.96. The summed E-state index contributed by atoms with van der Waals surface area (Å²) in [4.78, 5) is 23.7. The van der Waals surface area contributed by atoms with E-state index in [1.165, 1.54) is 7.11 Å². The van der Waals surface area contributed by atoms with Crippen LogP contribution in [0.3, 0.4) is 0 Å². The van der Waals surface area contributed by atoms with Crippen molar-refractivity contribution >= 4 is 17.6 Å². The molecule has 1 N–H and O–H groups in total. The molecular formula is C16H14ClN3O4. The normalized spacial score (nSPS) is 10.8. The second-order valence-electron chi connectivity index (χ2n) is 5.02. The lowest BCUT2D eigenvalue weighted by Crippen LogP contribution is -2.14. The maximum atomic E-state index is 11.9. The third-order valence-corrected chi connectivity index (χ3v) is 3.70. The number of carbonyl (C=O) groups is 1. The number of ether oxygens (including phenoxy) is 2. The molecule has 0 aliphatic carbocycles. The van der Waals surface area contributed by atoms with Crippen molar-refractivity contribution in [2.45, 2.75) is 6.54 Å². The highest BCUT2D eigenvalue weighted by molar-refractivity contribution is 6.30. The number of H-pyrrole nitrogens is 1. The molecule has 0 radical (unpaired) electrons. The molecular weight excluding hydrogens is 334 g/mol. The van der Waals surface area contributed by atoms with Gasteiger partial charge in [-0.25, -0.2) is 9.89 Å². The fourth-order valence-corrected chi connectivity index (χ4v) is 2.40. The molecule has 1 aromatic carbocycles. The molecule has 0 bridgehead atoms. The van der Waals surface area contributed by atoms with Crippen molar-refractivity contribution < 1.29 is 14.3 Å². The fourth-order valence-electron chi connectivity index (χ4n) is 2.28. The minimum atomic E-state index is -0.556. The van der Waals surface area contributed by atoms with Gasteiger partial charge < -0.3 is 14.0 Å². The van der Waals surface area contributed by atoms with Crippen molar-refractivity contribution in [3.63, 3.8) is 0 Å². The molecule has 0 atom stereocenters. The van der Waals surface area contributed by atoms with Gasteiger partial charge in [0.1, 0.15) is 23.6 Å². The summed E-state index contributed by atoms with van der Waals surface area (Å²) in [6.45, 7) is 0.789. The molecule has 0 fully saturated rings. The summed E-state index contributed by atoms with van der Waals surface area (Å²) in [5.41, 5.74) is 0.481. The Labute approximate surface area is 142 Å². The first-order valence-corrected chi connectivity index (χ1v) is 7.51. The van der Waals surface area contributed by atoms with E-state index in [1.807, 2.05) is 0 Å². The van der Waals surface area contributed by atoms with Crippen molar-refractivity contribution in [1.29, 1.82) is 0 Å². The Hall–Kier alpha value is -2.80. The van der Waals surface area contributed by atoms with Crippen LogP contribution in [0.4, 0.5) is 0 Å². The number of nitrogens with zero attached hydrogens (tertiary/aromatic N) is 2. The summed E-state index contributed by atoms with van der Waals surface area (Å²) < 4.78 is 12.1. The summed E-state index contributed by atoms with van der Waals surface area (Å²) in [6, 6.07) is 7.01. The molecule has 3 rings (SSSR count). The van der Waals surface area contributed by atoms with E-state index in [-0.39, 0.29) is 11.1 Å². The van der Waals surface area contributed by atoms with Crippen LogP contribution in [0, 0.1) is 0 Å². The van der Waals surface area contributed by atoms with E-state index < -0.39 is 5.97 Å². The number of aromatic nitrogens is 3. The molecule has 0 saturated heterocycles. The van der Waals surface area contributed by atoms with E-state index in [2.05, 4.69) is 10.2 Å². The Bertz CT molecular complexity index is 885. The van der Waals surface area contributed by atoms with Crippen LogP contribution in [-0.2, 0) is 11.3 Å². The average molecular weight is 348 g/mol. The monoisotopic (exact) mass is 347 g/mol. The van der Waals surface area contributed by atoms with Gasteiger partial charge in [0.25, 0.3) is 5.56 Å². The number of pyridine rings is 1. The van der Waals surface area contributed by atoms with E-state index in [4.69, 9.17) is 21.1 Å². The maximum absolute atomic E-state index is 11.9. The lowest BCUT2D eigenvalue weighted by atomic mass is 10.1. The first kappa shape index (κ1) is 16.1. The summed E-state index contributed by atoms with van der Waals surface area (Å²) in [5.74, 6) is 0.126. The Morgan fingerprint density at radius 2 is 2.04 bits per heavy atom. The van der Waals surface area contributed by atoms with Gasteiger partial charge in [0.15, 0.2) is 0 Å². The number of aromatic amines is 1. The summed E-state index contributed by atoms with van der Waals surface area (Å²) >= 11 is 5.82. The maximum Gasteiger partial charge on any atom is 0.341 e. The minimum Gasteiger partial charge on any atom is -0.492 e. The summed E-state index contributed by atoms with van der Waals surface area (Å²) in [7, 11) is 1.28. The molecule has 2 aliphatic heterocycles. The molecule has 124 valence electrons. The molecule has 1 aromatic rings. The zero-order valence-electron chi connectivity index (χ0n) is 12.8. The topological polar surface area (TPSA) is 86.2 Å². The van der Waals surface area contributed by atoms with Crippen molar-refractivity contribution in [2.75, 3.05) is 13.7 Å². The zero-order valence-corrected chi connectivity index (χ0v) is 13.5. The van der Waals surface area contributed by atoms with Gasteiger partial charge in [-0.3, -0.25) is 4.79 Å². The van der Waals surface area contributed by atoms with Crippen LogP contribution < -0.4 is 10.3 Å². The number of hydrogen-bond acceptors (Lipinski definition) is 5. The highest BCUT2D eigenvalue weighted by atomic mass is 35.5. The molecule has 0 amide bonds. The first-order valence-electron chi connectivity index (χ1n) is 7.13. The second-order valence-corrected chi connectivity index (χ2v) is 5.46. The van der Waals surface area contributed by atoms with E-state index in [9.17, 15) is 9.59 Å². The van der Waals surface area contributed by atoms with E-state index >= 15 is 0 Å².